The average Bonchev–Trinajstić information content (AvgIpc) is 2.41. The molecule has 0 bridgehead atoms. The van der Waals surface area contributed by atoms with Gasteiger partial charge in [0.2, 0.25) is 5.95 Å². The second-order valence-corrected chi connectivity index (χ2v) is 3.76. The van der Waals surface area contributed by atoms with Gasteiger partial charge in [0, 0.05) is 26.7 Å². The number of nitro groups is 1. The number of nitrogens with one attached hydrogen (secondary N) is 1. The molecule has 0 saturated carbocycles. The lowest BCUT2D eigenvalue weighted by Crippen LogP contribution is -2.09. The van der Waals surface area contributed by atoms with Crippen LogP contribution < -0.4 is 10.1 Å². The van der Waals surface area contributed by atoms with Gasteiger partial charge < -0.3 is 14.8 Å². The van der Waals surface area contributed by atoms with Gasteiger partial charge in [-0.1, -0.05) is 6.92 Å². The van der Waals surface area contributed by atoms with Crippen molar-refractivity contribution in [2.75, 3.05) is 32.2 Å². The number of hydrogen-bond acceptors (Lipinski definition) is 7. The van der Waals surface area contributed by atoms with E-state index in [0.717, 1.165) is 12.6 Å². The van der Waals surface area contributed by atoms with E-state index < -0.39 is 4.92 Å². The van der Waals surface area contributed by atoms with E-state index in [1.54, 1.807) is 7.11 Å². The summed E-state index contributed by atoms with van der Waals surface area (Å²) < 4.78 is 10.2. The fraction of sp³-hybridized carbons (Fsp3) is 0.636. The van der Waals surface area contributed by atoms with E-state index in [0.29, 0.717) is 32.1 Å². The molecule has 0 atom stereocenters. The van der Waals surface area contributed by atoms with Crippen molar-refractivity contribution in [2.45, 2.75) is 19.8 Å². The molecule has 0 aliphatic heterocycles. The van der Waals surface area contributed by atoms with Gasteiger partial charge in [0.25, 0.3) is 5.88 Å². The van der Waals surface area contributed by atoms with Gasteiger partial charge in [-0.05, 0) is 6.42 Å². The minimum absolute atomic E-state index is 0.0188. The first kappa shape index (κ1) is 15.1. The molecule has 1 N–H and O–H groups in total. The lowest BCUT2D eigenvalue weighted by Gasteiger charge is -2.07. The first-order valence-electron chi connectivity index (χ1n) is 6.06. The van der Waals surface area contributed by atoms with E-state index in [2.05, 4.69) is 15.3 Å². The van der Waals surface area contributed by atoms with E-state index in [1.165, 1.54) is 0 Å². The van der Waals surface area contributed by atoms with Crippen LogP contribution in [-0.4, -0.2) is 41.8 Å². The Kier molecular flexibility index (Phi) is 6.51. The summed E-state index contributed by atoms with van der Waals surface area (Å²) in [6.07, 6.45) is 2.69. The molecule has 0 aliphatic rings. The fourth-order valence-electron chi connectivity index (χ4n) is 1.29. The van der Waals surface area contributed by atoms with Crippen LogP contribution in [0.1, 0.15) is 19.8 Å². The van der Waals surface area contributed by atoms with Gasteiger partial charge in [-0.25, -0.2) is 4.98 Å². The van der Waals surface area contributed by atoms with E-state index >= 15 is 0 Å². The van der Waals surface area contributed by atoms with Crippen molar-refractivity contribution in [3.05, 3.63) is 16.3 Å². The number of hydrogen-bond donors (Lipinski definition) is 1. The molecule has 0 amide bonds. The Bertz CT molecular complexity index is 414. The third-order valence-corrected chi connectivity index (χ3v) is 2.20. The Balaban J connectivity index is 2.74. The standard InChI is InChI=1S/C11H18N4O4/c1-3-5-12-11-13-8-9(15(16)17)10(14-11)19-7-4-6-18-2/h8H,3-7H2,1-2H3,(H,12,13,14). The summed E-state index contributed by atoms with van der Waals surface area (Å²) in [5.74, 6) is 0.309. The first-order chi connectivity index (χ1) is 9.19. The van der Waals surface area contributed by atoms with Crippen molar-refractivity contribution >= 4 is 11.6 Å². The third-order valence-electron chi connectivity index (χ3n) is 2.20. The zero-order valence-corrected chi connectivity index (χ0v) is 11.1. The van der Waals surface area contributed by atoms with Crippen LogP contribution in [0.3, 0.4) is 0 Å². The number of rotatable bonds is 9. The lowest BCUT2D eigenvalue weighted by atomic mass is 10.4. The van der Waals surface area contributed by atoms with Crippen molar-refractivity contribution in [3.63, 3.8) is 0 Å². The maximum absolute atomic E-state index is 10.8. The predicted molar refractivity (Wildman–Crippen MR) is 69.5 cm³/mol. The Morgan fingerprint density at radius 1 is 1.47 bits per heavy atom. The number of methoxy groups -OCH3 is 1. The van der Waals surface area contributed by atoms with E-state index in [1.807, 2.05) is 6.92 Å². The van der Waals surface area contributed by atoms with E-state index in [9.17, 15) is 10.1 Å². The smallest absolute Gasteiger partial charge is 0.349 e. The molecular formula is C11H18N4O4. The van der Waals surface area contributed by atoms with Crippen LogP contribution in [0.4, 0.5) is 11.6 Å². The minimum atomic E-state index is -0.560. The van der Waals surface area contributed by atoms with Crippen molar-refractivity contribution in [3.8, 4) is 5.88 Å². The molecule has 1 aromatic heterocycles. The highest BCUT2D eigenvalue weighted by Gasteiger charge is 2.18. The summed E-state index contributed by atoms with van der Waals surface area (Å²) in [4.78, 5) is 18.2. The molecule has 19 heavy (non-hydrogen) atoms. The molecule has 1 aromatic rings. The Morgan fingerprint density at radius 2 is 2.26 bits per heavy atom. The molecule has 0 saturated heterocycles. The molecule has 0 spiro atoms. The highest BCUT2D eigenvalue weighted by molar-refractivity contribution is 5.43. The summed E-state index contributed by atoms with van der Waals surface area (Å²) in [6.45, 7) is 3.53. The second kappa shape index (κ2) is 8.20. The van der Waals surface area contributed by atoms with E-state index in [4.69, 9.17) is 9.47 Å². The van der Waals surface area contributed by atoms with Crippen molar-refractivity contribution < 1.29 is 14.4 Å². The molecule has 1 heterocycles. The van der Waals surface area contributed by atoms with Crippen LogP contribution in [0.15, 0.2) is 6.20 Å². The van der Waals surface area contributed by atoms with Crippen LogP contribution in [0.5, 0.6) is 5.88 Å². The molecule has 106 valence electrons. The summed E-state index contributed by atoms with van der Waals surface area (Å²) >= 11 is 0. The van der Waals surface area contributed by atoms with Gasteiger partial charge in [-0.2, -0.15) is 4.98 Å². The Morgan fingerprint density at radius 3 is 2.89 bits per heavy atom. The number of ether oxygens (including phenoxy) is 2. The van der Waals surface area contributed by atoms with Gasteiger partial charge in [-0.15, -0.1) is 0 Å². The highest BCUT2D eigenvalue weighted by Crippen LogP contribution is 2.24. The normalized spacial score (nSPS) is 10.2. The summed E-state index contributed by atoms with van der Waals surface area (Å²) in [5.41, 5.74) is -0.237. The lowest BCUT2D eigenvalue weighted by molar-refractivity contribution is -0.386. The minimum Gasteiger partial charge on any atom is -0.473 e. The SMILES string of the molecule is CCCNc1ncc([N+](=O)[O-])c(OCCCOC)n1. The molecule has 8 heteroatoms. The molecule has 1 rings (SSSR count). The largest absolute Gasteiger partial charge is 0.473 e. The Hall–Kier alpha value is -1.96. The monoisotopic (exact) mass is 270 g/mol. The Labute approximate surface area is 111 Å². The van der Waals surface area contributed by atoms with Crippen LogP contribution in [0.25, 0.3) is 0 Å². The quantitative estimate of drug-likeness (QED) is 0.413. The van der Waals surface area contributed by atoms with Crippen molar-refractivity contribution in [1.82, 2.24) is 9.97 Å². The van der Waals surface area contributed by atoms with Crippen LogP contribution in [0.2, 0.25) is 0 Å². The third kappa shape index (κ3) is 5.04. The zero-order chi connectivity index (χ0) is 14.1. The van der Waals surface area contributed by atoms with Gasteiger partial charge in [-0.3, -0.25) is 10.1 Å². The number of nitrogens with zero attached hydrogens (tertiary/aromatic N) is 3. The fourth-order valence-corrected chi connectivity index (χ4v) is 1.29. The molecule has 0 aromatic carbocycles. The first-order valence-corrected chi connectivity index (χ1v) is 6.06. The summed E-state index contributed by atoms with van der Waals surface area (Å²) in [7, 11) is 1.58. The van der Waals surface area contributed by atoms with Gasteiger partial charge in [0.15, 0.2) is 0 Å². The van der Waals surface area contributed by atoms with Crippen molar-refractivity contribution in [1.29, 1.82) is 0 Å². The van der Waals surface area contributed by atoms with Crippen LogP contribution in [0, 0.1) is 10.1 Å². The van der Waals surface area contributed by atoms with Crippen LogP contribution >= 0.6 is 0 Å². The van der Waals surface area contributed by atoms with Gasteiger partial charge in [0.1, 0.15) is 6.20 Å². The molecule has 8 nitrogen and oxygen atoms in total. The van der Waals surface area contributed by atoms with Crippen molar-refractivity contribution in [2.24, 2.45) is 0 Å². The maximum atomic E-state index is 10.8. The second-order valence-electron chi connectivity index (χ2n) is 3.76. The summed E-state index contributed by atoms with van der Waals surface area (Å²) in [6, 6.07) is 0. The van der Waals surface area contributed by atoms with Gasteiger partial charge >= 0.3 is 5.69 Å². The highest BCUT2D eigenvalue weighted by atomic mass is 16.6. The predicted octanol–water partition coefficient (Wildman–Crippen LogP) is 1.62. The molecule has 0 radical (unpaired) electrons. The number of aromatic nitrogens is 2. The molecule has 0 aliphatic carbocycles. The number of anilines is 1. The molecule has 0 unspecified atom stereocenters. The zero-order valence-electron chi connectivity index (χ0n) is 11.1. The summed E-state index contributed by atoms with van der Waals surface area (Å²) in [5, 5.41) is 13.8. The molecule has 0 fully saturated rings. The maximum Gasteiger partial charge on any atom is 0.349 e. The van der Waals surface area contributed by atoms with Crippen LogP contribution in [-0.2, 0) is 4.74 Å². The topological polar surface area (TPSA) is 99.4 Å². The average molecular weight is 270 g/mol. The van der Waals surface area contributed by atoms with Gasteiger partial charge in [0.05, 0.1) is 11.5 Å². The van der Waals surface area contributed by atoms with E-state index in [-0.39, 0.29) is 11.6 Å². The molecular weight excluding hydrogens is 252 g/mol.